The summed E-state index contributed by atoms with van der Waals surface area (Å²) in [5.41, 5.74) is 9.33. The van der Waals surface area contributed by atoms with E-state index in [-0.39, 0.29) is 5.41 Å². The predicted molar refractivity (Wildman–Crippen MR) is 99.2 cm³/mol. The molecule has 1 aromatic carbocycles. The van der Waals surface area contributed by atoms with Crippen molar-refractivity contribution in [3.05, 3.63) is 29.8 Å². The van der Waals surface area contributed by atoms with Gasteiger partial charge < -0.3 is 10.6 Å². The number of nitrogens with two attached hydrogens (primary N) is 1. The first kappa shape index (κ1) is 16.8. The van der Waals surface area contributed by atoms with Gasteiger partial charge in [0.05, 0.1) is 0 Å². The minimum atomic E-state index is 0.230. The number of hydrogen-bond donors (Lipinski definition) is 1. The SMILES string of the molecule is CC(C)N1CCN(c2cccc(C3(CN)CCCCC3)c2)CC1. The van der Waals surface area contributed by atoms with Crippen molar-refractivity contribution in [2.24, 2.45) is 5.73 Å². The van der Waals surface area contributed by atoms with Crippen LogP contribution in [-0.4, -0.2) is 43.7 Å². The molecule has 0 bridgehead atoms. The third-order valence-corrected chi connectivity index (χ3v) is 6.07. The van der Waals surface area contributed by atoms with Crippen molar-refractivity contribution >= 4 is 5.69 Å². The first-order chi connectivity index (χ1) is 11.1. The zero-order chi connectivity index (χ0) is 16.3. The normalized spacial score (nSPS) is 22.5. The van der Waals surface area contributed by atoms with Crippen molar-refractivity contribution in [2.75, 3.05) is 37.6 Å². The van der Waals surface area contributed by atoms with Gasteiger partial charge >= 0.3 is 0 Å². The molecule has 3 rings (SSSR count). The highest BCUT2D eigenvalue weighted by Gasteiger charge is 2.33. The Hall–Kier alpha value is -1.06. The van der Waals surface area contributed by atoms with Crippen LogP contribution in [0.1, 0.15) is 51.5 Å². The topological polar surface area (TPSA) is 32.5 Å². The van der Waals surface area contributed by atoms with Crippen LogP contribution in [-0.2, 0) is 5.41 Å². The Balaban J connectivity index is 1.75. The van der Waals surface area contributed by atoms with E-state index < -0.39 is 0 Å². The fourth-order valence-electron chi connectivity index (χ4n) is 4.37. The Morgan fingerprint density at radius 1 is 1.04 bits per heavy atom. The number of benzene rings is 1. The molecule has 23 heavy (non-hydrogen) atoms. The van der Waals surface area contributed by atoms with Gasteiger partial charge in [-0.15, -0.1) is 0 Å². The van der Waals surface area contributed by atoms with Crippen LogP contribution in [0.25, 0.3) is 0 Å². The average molecular weight is 316 g/mol. The highest BCUT2D eigenvalue weighted by Crippen LogP contribution is 2.39. The molecule has 3 nitrogen and oxygen atoms in total. The van der Waals surface area contributed by atoms with Gasteiger partial charge in [-0.25, -0.2) is 0 Å². The van der Waals surface area contributed by atoms with Gasteiger partial charge in [0, 0.05) is 49.9 Å². The molecule has 1 saturated heterocycles. The van der Waals surface area contributed by atoms with Gasteiger partial charge in [0.25, 0.3) is 0 Å². The Morgan fingerprint density at radius 3 is 2.35 bits per heavy atom. The zero-order valence-corrected chi connectivity index (χ0v) is 14.9. The van der Waals surface area contributed by atoms with Gasteiger partial charge in [-0.2, -0.15) is 0 Å². The van der Waals surface area contributed by atoms with E-state index in [1.54, 1.807) is 0 Å². The van der Waals surface area contributed by atoms with Crippen molar-refractivity contribution < 1.29 is 0 Å². The van der Waals surface area contributed by atoms with Crippen LogP contribution in [0.4, 0.5) is 5.69 Å². The molecule has 0 atom stereocenters. The number of rotatable bonds is 4. The van der Waals surface area contributed by atoms with Crippen LogP contribution in [0.2, 0.25) is 0 Å². The van der Waals surface area contributed by atoms with E-state index in [1.165, 1.54) is 56.4 Å². The van der Waals surface area contributed by atoms with Crippen molar-refractivity contribution in [3.8, 4) is 0 Å². The fraction of sp³-hybridized carbons (Fsp3) is 0.700. The van der Waals surface area contributed by atoms with Gasteiger partial charge in [-0.3, -0.25) is 4.90 Å². The third kappa shape index (κ3) is 3.56. The number of nitrogens with zero attached hydrogens (tertiary/aromatic N) is 2. The molecule has 0 unspecified atom stereocenters. The first-order valence-corrected chi connectivity index (χ1v) is 9.44. The van der Waals surface area contributed by atoms with Crippen LogP contribution in [0.15, 0.2) is 24.3 Å². The molecule has 0 radical (unpaired) electrons. The van der Waals surface area contributed by atoms with Crippen LogP contribution >= 0.6 is 0 Å². The molecule has 2 N–H and O–H groups in total. The van der Waals surface area contributed by atoms with Crippen molar-refractivity contribution in [1.82, 2.24) is 4.90 Å². The largest absolute Gasteiger partial charge is 0.369 e. The molecular formula is C20H33N3. The third-order valence-electron chi connectivity index (χ3n) is 6.07. The van der Waals surface area contributed by atoms with Crippen LogP contribution in [0, 0.1) is 0 Å². The summed E-state index contributed by atoms with van der Waals surface area (Å²) in [4.78, 5) is 5.12. The second-order valence-electron chi connectivity index (χ2n) is 7.71. The van der Waals surface area contributed by atoms with Crippen LogP contribution in [0.3, 0.4) is 0 Å². The first-order valence-electron chi connectivity index (χ1n) is 9.44. The Kier molecular flexibility index (Phi) is 5.27. The van der Waals surface area contributed by atoms with Crippen LogP contribution < -0.4 is 10.6 Å². The molecule has 3 heteroatoms. The molecule has 0 amide bonds. The van der Waals surface area contributed by atoms with E-state index in [0.717, 1.165) is 19.6 Å². The van der Waals surface area contributed by atoms with Crippen molar-refractivity contribution in [2.45, 2.75) is 57.4 Å². The van der Waals surface area contributed by atoms with E-state index in [1.807, 2.05) is 0 Å². The summed E-state index contributed by atoms with van der Waals surface area (Å²) in [6, 6.07) is 9.92. The molecule has 0 spiro atoms. The molecule has 1 heterocycles. The monoisotopic (exact) mass is 315 g/mol. The molecular weight excluding hydrogens is 282 g/mol. The standard InChI is InChI=1S/C20H33N3/c1-17(2)22-11-13-23(14-12-22)19-8-6-7-18(15-19)20(16-21)9-4-3-5-10-20/h6-8,15,17H,3-5,9-14,16,21H2,1-2H3. The minimum absolute atomic E-state index is 0.230. The predicted octanol–water partition coefficient (Wildman–Crippen LogP) is 3.38. The van der Waals surface area contributed by atoms with Gasteiger partial charge in [0.15, 0.2) is 0 Å². The van der Waals surface area contributed by atoms with Gasteiger partial charge in [-0.1, -0.05) is 31.4 Å². The Bertz CT molecular complexity index is 497. The summed E-state index contributed by atoms with van der Waals surface area (Å²) in [6.07, 6.45) is 6.55. The maximum absolute atomic E-state index is 6.23. The molecule has 1 aromatic rings. The van der Waals surface area contributed by atoms with E-state index in [9.17, 15) is 0 Å². The van der Waals surface area contributed by atoms with Gasteiger partial charge in [-0.05, 0) is 44.4 Å². The summed E-state index contributed by atoms with van der Waals surface area (Å²) < 4.78 is 0. The lowest BCUT2D eigenvalue weighted by Gasteiger charge is -2.40. The average Bonchev–Trinajstić information content (AvgIpc) is 2.62. The summed E-state index contributed by atoms with van der Waals surface area (Å²) in [6.45, 7) is 9.99. The summed E-state index contributed by atoms with van der Waals surface area (Å²) >= 11 is 0. The van der Waals surface area contributed by atoms with Crippen LogP contribution in [0.5, 0.6) is 0 Å². The van der Waals surface area contributed by atoms with Gasteiger partial charge in [0.2, 0.25) is 0 Å². The highest BCUT2D eigenvalue weighted by atomic mass is 15.3. The molecule has 2 fully saturated rings. The van der Waals surface area contributed by atoms with E-state index >= 15 is 0 Å². The van der Waals surface area contributed by atoms with Crippen molar-refractivity contribution in [3.63, 3.8) is 0 Å². The van der Waals surface area contributed by atoms with E-state index in [4.69, 9.17) is 5.73 Å². The lowest BCUT2D eigenvalue weighted by Crippen LogP contribution is -2.49. The van der Waals surface area contributed by atoms with E-state index in [2.05, 4.69) is 47.9 Å². The maximum Gasteiger partial charge on any atom is 0.0370 e. The number of hydrogen-bond acceptors (Lipinski definition) is 3. The lowest BCUT2D eigenvalue weighted by atomic mass is 9.69. The Morgan fingerprint density at radius 2 is 1.74 bits per heavy atom. The minimum Gasteiger partial charge on any atom is -0.369 e. The summed E-state index contributed by atoms with van der Waals surface area (Å²) in [5.74, 6) is 0. The maximum atomic E-state index is 6.23. The summed E-state index contributed by atoms with van der Waals surface area (Å²) in [5, 5.41) is 0. The molecule has 1 aliphatic carbocycles. The molecule has 2 aliphatic rings. The second-order valence-corrected chi connectivity index (χ2v) is 7.71. The zero-order valence-electron chi connectivity index (χ0n) is 14.9. The Labute approximate surface area is 141 Å². The molecule has 128 valence electrons. The molecule has 1 saturated carbocycles. The number of piperazine rings is 1. The number of anilines is 1. The van der Waals surface area contributed by atoms with Gasteiger partial charge in [0.1, 0.15) is 0 Å². The van der Waals surface area contributed by atoms with Crippen molar-refractivity contribution in [1.29, 1.82) is 0 Å². The molecule has 1 aliphatic heterocycles. The summed E-state index contributed by atoms with van der Waals surface area (Å²) in [7, 11) is 0. The smallest absolute Gasteiger partial charge is 0.0370 e. The van der Waals surface area contributed by atoms with E-state index in [0.29, 0.717) is 6.04 Å². The quantitative estimate of drug-likeness (QED) is 0.924. The lowest BCUT2D eigenvalue weighted by molar-refractivity contribution is 0.209. The highest BCUT2D eigenvalue weighted by molar-refractivity contribution is 5.51. The fourth-order valence-corrected chi connectivity index (χ4v) is 4.37. The molecule has 0 aromatic heterocycles. The second kappa shape index (κ2) is 7.23.